The van der Waals surface area contributed by atoms with Crippen LogP contribution in [0.1, 0.15) is 412 Å². The molecule has 0 aromatic carbocycles. The van der Waals surface area contributed by atoms with Crippen LogP contribution in [0.15, 0.2) is 36.5 Å². The Morgan fingerprint density at radius 2 is 0.476 bits per heavy atom. The molecule has 0 rings (SSSR count). The second kappa shape index (κ2) is 71.1. The van der Waals surface area contributed by atoms with Crippen LogP contribution in [-0.4, -0.2) is 37.2 Å². The molecule has 0 aliphatic rings. The van der Waals surface area contributed by atoms with Crippen LogP contribution < -0.4 is 0 Å². The fourth-order valence-electron chi connectivity index (χ4n) is 11.4. The predicted octanol–water partition coefficient (Wildman–Crippen LogP) is 25.5. The van der Waals surface area contributed by atoms with E-state index in [0.29, 0.717) is 19.3 Å². The summed E-state index contributed by atoms with van der Waals surface area (Å²) in [5, 5.41) is 0. The Hall–Kier alpha value is -2.37. The van der Waals surface area contributed by atoms with Crippen LogP contribution >= 0.6 is 0 Å². The molecule has 1 unspecified atom stereocenters. The largest absolute Gasteiger partial charge is 0.462 e. The number of carbonyl (C=O) groups is 3. The van der Waals surface area contributed by atoms with Gasteiger partial charge in [0.2, 0.25) is 0 Å². The lowest BCUT2D eigenvalue weighted by Gasteiger charge is -2.18. The third-order valence-corrected chi connectivity index (χ3v) is 16.9. The molecule has 0 heterocycles. The van der Waals surface area contributed by atoms with E-state index in [9.17, 15) is 14.4 Å². The lowest BCUT2D eigenvalue weighted by atomic mass is 10.0. The monoisotopic (exact) mass is 1150 g/mol. The van der Waals surface area contributed by atoms with E-state index < -0.39 is 6.10 Å². The summed E-state index contributed by atoms with van der Waals surface area (Å²) in [4.78, 5) is 38.3. The molecule has 0 amide bonds. The van der Waals surface area contributed by atoms with Crippen molar-refractivity contribution in [3.8, 4) is 0 Å². The number of hydrogen-bond acceptors (Lipinski definition) is 6. The van der Waals surface area contributed by atoms with Crippen molar-refractivity contribution >= 4 is 17.9 Å². The molecule has 0 bridgehead atoms. The lowest BCUT2D eigenvalue weighted by Crippen LogP contribution is -2.30. The van der Waals surface area contributed by atoms with Crippen LogP contribution in [0.5, 0.6) is 0 Å². The first-order valence-corrected chi connectivity index (χ1v) is 37.0. The zero-order chi connectivity index (χ0) is 59.2. The van der Waals surface area contributed by atoms with Gasteiger partial charge < -0.3 is 14.2 Å². The molecular weight excluding hydrogens is 1010 g/mol. The van der Waals surface area contributed by atoms with Crippen molar-refractivity contribution in [1.29, 1.82) is 0 Å². The Morgan fingerprint density at radius 3 is 0.744 bits per heavy atom. The van der Waals surface area contributed by atoms with Crippen molar-refractivity contribution in [3.05, 3.63) is 36.5 Å². The van der Waals surface area contributed by atoms with Gasteiger partial charge >= 0.3 is 17.9 Å². The van der Waals surface area contributed by atoms with Crippen LogP contribution in [0.2, 0.25) is 0 Å². The van der Waals surface area contributed by atoms with E-state index >= 15 is 0 Å². The normalized spacial score (nSPS) is 12.2. The highest BCUT2D eigenvalue weighted by molar-refractivity contribution is 5.71. The summed E-state index contributed by atoms with van der Waals surface area (Å²) in [6, 6.07) is 0. The summed E-state index contributed by atoms with van der Waals surface area (Å²) < 4.78 is 16.9. The molecule has 0 aliphatic carbocycles. The van der Waals surface area contributed by atoms with Gasteiger partial charge in [-0.15, -0.1) is 0 Å². The smallest absolute Gasteiger partial charge is 0.306 e. The van der Waals surface area contributed by atoms with Crippen molar-refractivity contribution in [2.45, 2.75) is 419 Å². The highest BCUT2D eigenvalue weighted by Crippen LogP contribution is 2.19. The first-order valence-electron chi connectivity index (χ1n) is 37.0. The summed E-state index contributed by atoms with van der Waals surface area (Å²) in [7, 11) is 0. The van der Waals surface area contributed by atoms with Crippen molar-refractivity contribution in [3.63, 3.8) is 0 Å². The number of allylic oxidation sites excluding steroid dienone is 6. The molecule has 0 saturated carbocycles. The summed E-state index contributed by atoms with van der Waals surface area (Å²) >= 11 is 0. The average molecular weight is 1150 g/mol. The Balaban J connectivity index is 4.04. The van der Waals surface area contributed by atoms with E-state index in [-0.39, 0.29) is 31.1 Å². The maximum absolute atomic E-state index is 12.9. The minimum Gasteiger partial charge on any atom is -0.462 e. The fourth-order valence-corrected chi connectivity index (χ4v) is 11.4. The third-order valence-electron chi connectivity index (χ3n) is 16.9. The first-order chi connectivity index (χ1) is 40.5. The van der Waals surface area contributed by atoms with Gasteiger partial charge in [-0.1, -0.05) is 378 Å². The molecule has 0 aromatic rings. The number of rotatable bonds is 69. The molecule has 6 heteroatoms. The predicted molar refractivity (Wildman–Crippen MR) is 358 cm³/mol. The van der Waals surface area contributed by atoms with Gasteiger partial charge in [0, 0.05) is 19.3 Å². The van der Waals surface area contributed by atoms with Gasteiger partial charge in [-0.25, -0.2) is 0 Å². The Bertz CT molecular complexity index is 1370. The number of unbranched alkanes of at least 4 members (excludes halogenated alkanes) is 52. The highest BCUT2D eigenvalue weighted by atomic mass is 16.6. The van der Waals surface area contributed by atoms with Gasteiger partial charge in [-0.3, -0.25) is 14.4 Å². The van der Waals surface area contributed by atoms with Crippen LogP contribution in [0.4, 0.5) is 0 Å². The Kier molecular flexibility index (Phi) is 69.1. The first kappa shape index (κ1) is 79.6. The van der Waals surface area contributed by atoms with E-state index in [1.165, 1.54) is 289 Å². The van der Waals surface area contributed by atoms with E-state index in [0.717, 1.165) is 83.5 Å². The van der Waals surface area contributed by atoms with E-state index in [4.69, 9.17) is 14.2 Å². The number of ether oxygens (including phenoxy) is 3. The fraction of sp³-hybridized carbons (Fsp3) is 0.882. The number of esters is 3. The van der Waals surface area contributed by atoms with Crippen molar-refractivity contribution in [2.24, 2.45) is 0 Å². The molecule has 0 saturated heterocycles. The molecule has 0 radical (unpaired) electrons. The van der Waals surface area contributed by atoms with Crippen molar-refractivity contribution in [1.82, 2.24) is 0 Å². The molecule has 0 aliphatic heterocycles. The second-order valence-corrected chi connectivity index (χ2v) is 25.2. The second-order valence-electron chi connectivity index (χ2n) is 25.2. The van der Waals surface area contributed by atoms with Crippen molar-refractivity contribution in [2.75, 3.05) is 13.2 Å². The minimum absolute atomic E-state index is 0.0759. The summed E-state index contributed by atoms with van der Waals surface area (Å²) in [6.07, 6.45) is 89.3. The van der Waals surface area contributed by atoms with E-state index in [1.807, 2.05) is 0 Å². The number of carbonyl (C=O) groups excluding carboxylic acids is 3. The van der Waals surface area contributed by atoms with Gasteiger partial charge in [-0.2, -0.15) is 0 Å². The number of hydrogen-bond donors (Lipinski definition) is 0. The molecule has 0 N–H and O–H groups in total. The van der Waals surface area contributed by atoms with Crippen LogP contribution in [0.3, 0.4) is 0 Å². The van der Waals surface area contributed by atoms with Crippen LogP contribution in [0.25, 0.3) is 0 Å². The maximum atomic E-state index is 12.9. The molecule has 0 aromatic heterocycles. The van der Waals surface area contributed by atoms with Gasteiger partial charge in [0.25, 0.3) is 0 Å². The van der Waals surface area contributed by atoms with Crippen LogP contribution in [0, 0.1) is 0 Å². The summed E-state index contributed by atoms with van der Waals surface area (Å²) in [5.74, 6) is -0.879. The molecule has 6 nitrogen and oxygen atoms in total. The lowest BCUT2D eigenvalue weighted by molar-refractivity contribution is -0.167. The van der Waals surface area contributed by atoms with Crippen LogP contribution in [-0.2, 0) is 28.6 Å². The third kappa shape index (κ3) is 68.4. The van der Waals surface area contributed by atoms with Gasteiger partial charge in [0.1, 0.15) is 13.2 Å². The summed E-state index contributed by atoms with van der Waals surface area (Å²) in [6.45, 7) is 6.58. The van der Waals surface area contributed by atoms with Gasteiger partial charge in [0.05, 0.1) is 0 Å². The average Bonchev–Trinajstić information content (AvgIpc) is 3.47. The molecule has 482 valence electrons. The summed E-state index contributed by atoms with van der Waals surface area (Å²) in [5.41, 5.74) is 0. The quantitative estimate of drug-likeness (QED) is 0.0261. The topological polar surface area (TPSA) is 78.9 Å². The molecule has 82 heavy (non-hydrogen) atoms. The molecular formula is C76H142O6. The van der Waals surface area contributed by atoms with Gasteiger partial charge in [-0.05, 0) is 51.4 Å². The Morgan fingerprint density at radius 1 is 0.256 bits per heavy atom. The molecule has 1 atom stereocenters. The molecule has 0 spiro atoms. The minimum atomic E-state index is -0.781. The van der Waals surface area contributed by atoms with E-state index in [1.54, 1.807) is 0 Å². The zero-order valence-corrected chi connectivity index (χ0v) is 55.5. The molecule has 0 fully saturated rings. The maximum Gasteiger partial charge on any atom is 0.306 e. The standard InChI is InChI=1S/C76H142O6/c1-4-7-10-13-16-19-22-25-27-29-30-31-32-33-34-35-36-37-38-39-40-41-42-43-44-45-46-47-49-51-54-57-60-63-66-69-75(78)81-72-73(71-80-74(77)68-65-62-59-56-53-50-24-21-18-15-12-9-6-3)82-76(79)70-67-64-61-58-55-52-48-28-26-23-20-17-14-11-8-5-2/h9,12,18,21,50,53,73H,4-8,10-11,13-17,19-20,22-49,51-52,54-72H2,1-3H3/b12-9-,21-18-,53-50-. The zero-order valence-electron chi connectivity index (χ0n) is 55.5. The van der Waals surface area contributed by atoms with Crippen molar-refractivity contribution < 1.29 is 28.6 Å². The highest BCUT2D eigenvalue weighted by Gasteiger charge is 2.19. The SMILES string of the molecule is CC/C=C\C/C=C\C/C=C\CCCCCC(=O)OCC(COC(=O)CCCCCCCCCCCCCCCCCCCCCCCCCCCCCCCCCCCCC)OC(=O)CCCCCCCCCCCCCCCCCC. The Labute approximate surface area is 512 Å². The van der Waals surface area contributed by atoms with E-state index in [2.05, 4.69) is 57.2 Å². The van der Waals surface area contributed by atoms with Gasteiger partial charge in [0.15, 0.2) is 6.10 Å².